The average Bonchev–Trinajstić information content (AvgIpc) is 2.57. The molecule has 0 heterocycles. The summed E-state index contributed by atoms with van der Waals surface area (Å²) in [6.07, 6.45) is 3.66. The summed E-state index contributed by atoms with van der Waals surface area (Å²) in [4.78, 5) is 11.1. The van der Waals surface area contributed by atoms with E-state index in [0.29, 0.717) is 5.92 Å². The predicted molar refractivity (Wildman–Crippen MR) is 38.4 cm³/mol. The second kappa shape index (κ2) is 2.06. The maximum Gasteiger partial charge on any atom is 0.149 e. The Balaban J connectivity index is 1.90. The molecule has 10 heavy (non-hydrogen) atoms. The molecule has 0 bridgehead atoms. The van der Waals surface area contributed by atoms with Crippen LogP contribution in [0.1, 0.15) is 19.3 Å². The first kappa shape index (κ1) is 6.35. The molecule has 2 aliphatic carbocycles. The van der Waals surface area contributed by atoms with Gasteiger partial charge in [-0.1, -0.05) is 0 Å². The molecule has 0 amide bonds. The van der Waals surface area contributed by atoms with E-state index in [1.165, 1.54) is 6.42 Å². The summed E-state index contributed by atoms with van der Waals surface area (Å²) in [5.74, 6) is 2.43. The zero-order valence-corrected chi connectivity index (χ0v) is 6.05. The summed E-state index contributed by atoms with van der Waals surface area (Å²) < 4.78 is 0. The molecule has 0 saturated heterocycles. The number of nitrogens with two attached hydrogens (primary N) is 1. The first-order chi connectivity index (χ1) is 4.81. The average molecular weight is 139 g/mol. The van der Waals surface area contributed by atoms with E-state index in [1.54, 1.807) is 0 Å². The Morgan fingerprint density at radius 1 is 1.30 bits per heavy atom. The summed E-state index contributed by atoms with van der Waals surface area (Å²) in [7, 11) is 0. The van der Waals surface area contributed by atoms with Crippen LogP contribution in [0.5, 0.6) is 0 Å². The molecule has 2 nitrogen and oxygen atoms in total. The minimum absolute atomic E-state index is 0.254. The third-order valence-corrected chi connectivity index (χ3v) is 2.90. The Bertz CT molecular complexity index is 157. The fraction of sp³-hybridized carbons (Fsp3) is 0.875. The highest BCUT2D eigenvalue weighted by Gasteiger charge is 2.47. The molecule has 0 aromatic rings. The lowest BCUT2D eigenvalue weighted by molar-refractivity contribution is -0.121. The lowest BCUT2D eigenvalue weighted by Gasteiger charge is -2.06. The van der Waals surface area contributed by atoms with Gasteiger partial charge in [-0.3, -0.25) is 4.79 Å². The van der Waals surface area contributed by atoms with Crippen LogP contribution < -0.4 is 5.73 Å². The monoisotopic (exact) mass is 139 g/mol. The van der Waals surface area contributed by atoms with Crippen molar-refractivity contribution in [1.82, 2.24) is 0 Å². The molecule has 2 saturated carbocycles. The summed E-state index contributed by atoms with van der Waals surface area (Å²) in [5.41, 5.74) is 5.26. The maximum atomic E-state index is 11.1. The maximum absolute atomic E-state index is 11.1. The number of hydrogen-bond acceptors (Lipinski definition) is 2. The Morgan fingerprint density at radius 3 is 2.40 bits per heavy atom. The topological polar surface area (TPSA) is 43.1 Å². The highest BCUT2D eigenvalue weighted by atomic mass is 16.1. The lowest BCUT2D eigenvalue weighted by atomic mass is 9.99. The minimum Gasteiger partial charge on any atom is -0.324 e. The Kier molecular flexibility index (Phi) is 1.31. The van der Waals surface area contributed by atoms with Gasteiger partial charge in [-0.05, 0) is 31.1 Å². The zero-order valence-electron chi connectivity index (χ0n) is 6.05. The smallest absolute Gasteiger partial charge is 0.149 e. The van der Waals surface area contributed by atoms with Crippen LogP contribution in [0.4, 0.5) is 0 Å². The van der Waals surface area contributed by atoms with Crippen LogP contribution in [0.2, 0.25) is 0 Å². The van der Waals surface area contributed by atoms with Crippen molar-refractivity contribution in [2.45, 2.75) is 19.3 Å². The van der Waals surface area contributed by atoms with Crippen molar-refractivity contribution in [3.05, 3.63) is 0 Å². The van der Waals surface area contributed by atoms with Gasteiger partial charge in [0.25, 0.3) is 0 Å². The molecule has 0 aliphatic heterocycles. The Hall–Kier alpha value is -0.370. The van der Waals surface area contributed by atoms with Crippen LogP contribution in [-0.2, 0) is 4.79 Å². The summed E-state index contributed by atoms with van der Waals surface area (Å²) >= 11 is 0. The first-order valence-electron chi connectivity index (χ1n) is 4.04. The number of hydrogen-bond donors (Lipinski definition) is 1. The van der Waals surface area contributed by atoms with E-state index in [-0.39, 0.29) is 12.3 Å². The van der Waals surface area contributed by atoms with E-state index in [4.69, 9.17) is 5.73 Å². The molecular formula is C8H13NO. The van der Waals surface area contributed by atoms with Gasteiger partial charge in [0.2, 0.25) is 0 Å². The standard InChI is InChI=1S/C8H13NO/c9-4-8(10)7-2-5-1-6(5)3-7/h5-7H,1-4,9H2. The van der Waals surface area contributed by atoms with Crippen LogP contribution in [0.25, 0.3) is 0 Å². The van der Waals surface area contributed by atoms with Crippen LogP contribution in [0.3, 0.4) is 0 Å². The molecule has 0 aromatic heterocycles. The zero-order chi connectivity index (χ0) is 7.14. The summed E-state index contributed by atoms with van der Waals surface area (Å²) in [6, 6.07) is 0. The van der Waals surface area contributed by atoms with Gasteiger partial charge in [-0.15, -0.1) is 0 Å². The number of ketones is 1. The second-order valence-corrected chi connectivity index (χ2v) is 3.59. The van der Waals surface area contributed by atoms with Crippen molar-refractivity contribution in [3.63, 3.8) is 0 Å². The van der Waals surface area contributed by atoms with Crippen LogP contribution in [0, 0.1) is 17.8 Å². The third kappa shape index (κ3) is 0.870. The van der Waals surface area contributed by atoms with Crippen molar-refractivity contribution in [2.75, 3.05) is 6.54 Å². The fourth-order valence-electron chi connectivity index (χ4n) is 2.14. The van der Waals surface area contributed by atoms with E-state index in [1.807, 2.05) is 0 Å². The van der Waals surface area contributed by atoms with E-state index in [9.17, 15) is 4.79 Å². The molecule has 2 heteroatoms. The summed E-state index contributed by atoms with van der Waals surface area (Å²) in [6.45, 7) is 0.254. The predicted octanol–water partition coefficient (Wildman–Crippen LogP) is 0.560. The Labute approximate surface area is 60.8 Å². The molecule has 0 radical (unpaired) electrons. The quantitative estimate of drug-likeness (QED) is 0.607. The van der Waals surface area contributed by atoms with Crippen LogP contribution >= 0.6 is 0 Å². The highest BCUT2D eigenvalue weighted by molar-refractivity contribution is 5.83. The van der Waals surface area contributed by atoms with Gasteiger partial charge in [-0.2, -0.15) is 0 Å². The van der Waals surface area contributed by atoms with Gasteiger partial charge in [0.15, 0.2) is 0 Å². The number of carbonyl (C=O) groups excluding carboxylic acids is 1. The van der Waals surface area contributed by atoms with Crippen LogP contribution in [-0.4, -0.2) is 12.3 Å². The van der Waals surface area contributed by atoms with Crippen molar-refractivity contribution in [3.8, 4) is 0 Å². The lowest BCUT2D eigenvalue weighted by Crippen LogP contribution is -2.21. The van der Waals surface area contributed by atoms with Crippen molar-refractivity contribution < 1.29 is 4.79 Å². The number of rotatable bonds is 2. The van der Waals surface area contributed by atoms with Gasteiger partial charge in [0.05, 0.1) is 6.54 Å². The number of fused-ring (bicyclic) bond motifs is 1. The molecule has 2 fully saturated rings. The second-order valence-electron chi connectivity index (χ2n) is 3.59. The van der Waals surface area contributed by atoms with Crippen molar-refractivity contribution in [1.29, 1.82) is 0 Å². The molecule has 2 unspecified atom stereocenters. The molecule has 0 aromatic carbocycles. The van der Waals surface area contributed by atoms with E-state index < -0.39 is 0 Å². The molecule has 2 rings (SSSR count). The molecule has 2 aliphatic rings. The van der Waals surface area contributed by atoms with Crippen molar-refractivity contribution in [2.24, 2.45) is 23.5 Å². The van der Waals surface area contributed by atoms with Gasteiger partial charge in [0.1, 0.15) is 5.78 Å². The SMILES string of the molecule is NCC(=O)C1CC2CC2C1. The third-order valence-electron chi connectivity index (χ3n) is 2.90. The molecule has 56 valence electrons. The van der Waals surface area contributed by atoms with Gasteiger partial charge >= 0.3 is 0 Å². The van der Waals surface area contributed by atoms with Crippen molar-refractivity contribution >= 4 is 5.78 Å². The van der Waals surface area contributed by atoms with E-state index >= 15 is 0 Å². The number of Topliss-reactive ketones (excluding diaryl/α,β-unsaturated/α-hetero) is 1. The largest absolute Gasteiger partial charge is 0.324 e. The summed E-state index contributed by atoms with van der Waals surface area (Å²) in [5, 5.41) is 0. The van der Waals surface area contributed by atoms with Crippen LogP contribution in [0.15, 0.2) is 0 Å². The Morgan fingerprint density at radius 2 is 1.90 bits per heavy atom. The normalized spacial score (nSPS) is 43.1. The van der Waals surface area contributed by atoms with E-state index in [2.05, 4.69) is 0 Å². The molecule has 2 atom stereocenters. The minimum atomic E-state index is 0.254. The molecule has 0 spiro atoms. The van der Waals surface area contributed by atoms with Gasteiger partial charge in [-0.25, -0.2) is 0 Å². The van der Waals surface area contributed by atoms with Gasteiger partial charge < -0.3 is 5.73 Å². The first-order valence-corrected chi connectivity index (χ1v) is 4.04. The van der Waals surface area contributed by atoms with Gasteiger partial charge in [0, 0.05) is 5.92 Å². The highest BCUT2D eigenvalue weighted by Crippen LogP contribution is 2.54. The fourth-order valence-corrected chi connectivity index (χ4v) is 2.14. The molecular weight excluding hydrogens is 126 g/mol. The van der Waals surface area contributed by atoms with E-state index in [0.717, 1.165) is 24.7 Å². The molecule has 2 N–H and O–H groups in total. The number of carbonyl (C=O) groups is 1.